The molecule has 3 heteroatoms. The molecule has 0 aliphatic heterocycles. The minimum Gasteiger partial charge on any atom is -0.256 e. The van der Waals surface area contributed by atoms with Crippen LogP contribution in [0.2, 0.25) is 0 Å². The third-order valence-electron chi connectivity index (χ3n) is 1.87. The summed E-state index contributed by atoms with van der Waals surface area (Å²) in [5, 5.41) is 0. The Hall–Kier alpha value is -1.77. The molecule has 0 aliphatic rings. The molecule has 0 radical (unpaired) electrons. The zero-order chi connectivity index (χ0) is 9.97. The third-order valence-corrected chi connectivity index (χ3v) is 1.87. The second-order valence-electron chi connectivity index (χ2n) is 2.84. The van der Waals surface area contributed by atoms with Crippen LogP contribution in [0.5, 0.6) is 0 Å². The molecule has 0 spiro atoms. The monoisotopic (exact) mass is 191 g/mol. The van der Waals surface area contributed by atoms with Crippen LogP contribution in [-0.4, -0.2) is 4.98 Å². The van der Waals surface area contributed by atoms with Crippen molar-refractivity contribution in [3.63, 3.8) is 0 Å². The van der Waals surface area contributed by atoms with Crippen LogP contribution in [0.4, 0.5) is 8.78 Å². The Kier molecular flexibility index (Phi) is 2.23. The van der Waals surface area contributed by atoms with Gasteiger partial charge in [-0.05, 0) is 18.2 Å². The maximum absolute atomic E-state index is 13.2. The summed E-state index contributed by atoms with van der Waals surface area (Å²) in [6.07, 6.45) is 1.32. The quantitative estimate of drug-likeness (QED) is 0.675. The molecule has 14 heavy (non-hydrogen) atoms. The molecule has 0 N–H and O–H groups in total. The molecular weight excluding hydrogens is 184 g/mol. The summed E-state index contributed by atoms with van der Waals surface area (Å²) in [6, 6.07) is 8.59. The highest BCUT2D eigenvalue weighted by Crippen LogP contribution is 2.20. The fourth-order valence-electron chi connectivity index (χ4n) is 1.22. The Morgan fingerprint density at radius 1 is 1.00 bits per heavy atom. The van der Waals surface area contributed by atoms with Crippen molar-refractivity contribution in [1.29, 1.82) is 0 Å². The van der Waals surface area contributed by atoms with Gasteiger partial charge >= 0.3 is 0 Å². The minimum atomic E-state index is -0.418. The van der Waals surface area contributed by atoms with Gasteiger partial charge in [0, 0.05) is 17.8 Å². The van der Waals surface area contributed by atoms with Crippen molar-refractivity contribution in [1.82, 2.24) is 4.98 Å². The molecule has 1 aromatic carbocycles. The van der Waals surface area contributed by atoms with Crippen LogP contribution in [0.3, 0.4) is 0 Å². The Bertz CT molecular complexity index is 455. The summed E-state index contributed by atoms with van der Waals surface area (Å²) in [7, 11) is 0. The van der Waals surface area contributed by atoms with Crippen LogP contribution >= 0.6 is 0 Å². The Morgan fingerprint density at radius 3 is 2.50 bits per heavy atom. The average Bonchev–Trinajstić information content (AvgIpc) is 2.18. The van der Waals surface area contributed by atoms with Crippen molar-refractivity contribution in [2.45, 2.75) is 0 Å². The highest BCUT2D eigenvalue weighted by molar-refractivity contribution is 5.59. The maximum Gasteiger partial charge on any atom is 0.132 e. The fraction of sp³-hybridized carbons (Fsp3) is 0. The van der Waals surface area contributed by atoms with E-state index < -0.39 is 11.6 Å². The molecular formula is C11H7F2N. The van der Waals surface area contributed by atoms with E-state index in [4.69, 9.17) is 0 Å². The summed E-state index contributed by atoms with van der Waals surface area (Å²) < 4.78 is 26.1. The van der Waals surface area contributed by atoms with E-state index in [1.54, 1.807) is 18.2 Å². The molecule has 0 bridgehead atoms. The molecule has 70 valence electrons. The van der Waals surface area contributed by atoms with Gasteiger partial charge in [0.25, 0.3) is 0 Å². The Balaban J connectivity index is 2.55. The van der Waals surface area contributed by atoms with Crippen LogP contribution in [0.15, 0.2) is 42.6 Å². The van der Waals surface area contributed by atoms with Crippen molar-refractivity contribution in [3.8, 4) is 11.3 Å². The second kappa shape index (κ2) is 3.54. The number of halogens is 2. The second-order valence-corrected chi connectivity index (χ2v) is 2.84. The molecule has 2 rings (SSSR count). The predicted octanol–water partition coefficient (Wildman–Crippen LogP) is 3.03. The van der Waals surface area contributed by atoms with Gasteiger partial charge in [0.2, 0.25) is 0 Å². The highest BCUT2D eigenvalue weighted by atomic mass is 19.1. The molecule has 1 nitrogen and oxygen atoms in total. The van der Waals surface area contributed by atoms with Gasteiger partial charge in [-0.2, -0.15) is 0 Å². The van der Waals surface area contributed by atoms with E-state index in [0.717, 1.165) is 0 Å². The number of aromatic nitrogens is 1. The first kappa shape index (κ1) is 8.81. The lowest BCUT2D eigenvalue weighted by Gasteiger charge is -2.01. The van der Waals surface area contributed by atoms with Crippen molar-refractivity contribution in [2.24, 2.45) is 0 Å². The number of hydrogen-bond acceptors (Lipinski definition) is 1. The van der Waals surface area contributed by atoms with E-state index >= 15 is 0 Å². The predicted molar refractivity (Wildman–Crippen MR) is 49.6 cm³/mol. The molecule has 0 amide bonds. The lowest BCUT2D eigenvalue weighted by atomic mass is 10.1. The Labute approximate surface area is 80.0 Å². The first-order valence-corrected chi connectivity index (χ1v) is 4.14. The van der Waals surface area contributed by atoms with Crippen molar-refractivity contribution in [3.05, 3.63) is 54.2 Å². The molecule has 2 aromatic rings. The first-order chi connectivity index (χ1) is 6.77. The minimum absolute atomic E-state index is 0.308. The van der Waals surface area contributed by atoms with Gasteiger partial charge in [-0.15, -0.1) is 0 Å². The molecule has 0 atom stereocenters. The molecule has 0 saturated heterocycles. The summed E-state index contributed by atoms with van der Waals surface area (Å²) in [5.74, 6) is -0.816. The van der Waals surface area contributed by atoms with Crippen molar-refractivity contribution in [2.75, 3.05) is 0 Å². The van der Waals surface area contributed by atoms with E-state index in [2.05, 4.69) is 4.98 Å². The molecule has 0 aliphatic carbocycles. The summed E-state index contributed by atoms with van der Waals surface area (Å²) in [5.41, 5.74) is 0.620. The topological polar surface area (TPSA) is 12.9 Å². The number of rotatable bonds is 1. The van der Waals surface area contributed by atoms with Crippen LogP contribution < -0.4 is 0 Å². The van der Waals surface area contributed by atoms with E-state index in [-0.39, 0.29) is 0 Å². The van der Waals surface area contributed by atoms with Gasteiger partial charge in [-0.1, -0.05) is 12.1 Å². The number of benzene rings is 1. The standard InChI is InChI=1S/C11H7F2N/c12-8-5-6-14-11(7-8)9-3-1-2-4-10(9)13/h1-7H. The number of pyridine rings is 1. The van der Waals surface area contributed by atoms with Crippen molar-refractivity contribution >= 4 is 0 Å². The van der Waals surface area contributed by atoms with Gasteiger partial charge in [0.1, 0.15) is 11.6 Å². The van der Waals surface area contributed by atoms with Crippen LogP contribution in [0.25, 0.3) is 11.3 Å². The van der Waals surface area contributed by atoms with E-state index in [1.165, 1.54) is 24.4 Å². The van der Waals surface area contributed by atoms with Gasteiger partial charge in [-0.3, -0.25) is 4.98 Å². The number of nitrogens with zero attached hydrogens (tertiary/aromatic N) is 1. The van der Waals surface area contributed by atoms with Crippen LogP contribution in [-0.2, 0) is 0 Å². The van der Waals surface area contributed by atoms with Gasteiger partial charge in [-0.25, -0.2) is 8.78 Å². The van der Waals surface area contributed by atoms with E-state index in [0.29, 0.717) is 11.3 Å². The SMILES string of the molecule is Fc1ccnc(-c2ccccc2F)c1. The zero-order valence-corrected chi connectivity index (χ0v) is 7.24. The van der Waals surface area contributed by atoms with Crippen LogP contribution in [0, 0.1) is 11.6 Å². The van der Waals surface area contributed by atoms with E-state index in [9.17, 15) is 8.78 Å². The van der Waals surface area contributed by atoms with Crippen LogP contribution in [0.1, 0.15) is 0 Å². The van der Waals surface area contributed by atoms with Gasteiger partial charge in [0.05, 0.1) is 5.69 Å². The Morgan fingerprint density at radius 2 is 1.79 bits per heavy atom. The maximum atomic E-state index is 13.2. The lowest BCUT2D eigenvalue weighted by molar-refractivity contribution is 0.622. The first-order valence-electron chi connectivity index (χ1n) is 4.14. The lowest BCUT2D eigenvalue weighted by Crippen LogP contribution is -1.87. The summed E-state index contributed by atoms with van der Waals surface area (Å²) in [6.45, 7) is 0. The summed E-state index contributed by atoms with van der Waals surface area (Å²) in [4.78, 5) is 3.89. The molecule has 0 saturated carbocycles. The van der Waals surface area contributed by atoms with Gasteiger partial charge in [0.15, 0.2) is 0 Å². The fourth-order valence-corrected chi connectivity index (χ4v) is 1.22. The third kappa shape index (κ3) is 1.62. The normalized spacial score (nSPS) is 10.1. The highest BCUT2D eigenvalue weighted by Gasteiger charge is 2.05. The molecule has 0 fully saturated rings. The largest absolute Gasteiger partial charge is 0.256 e. The molecule has 1 heterocycles. The molecule has 1 aromatic heterocycles. The van der Waals surface area contributed by atoms with Gasteiger partial charge < -0.3 is 0 Å². The smallest absolute Gasteiger partial charge is 0.132 e. The van der Waals surface area contributed by atoms with E-state index in [1.807, 2.05) is 0 Å². The van der Waals surface area contributed by atoms with Crippen molar-refractivity contribution < 1.29 is 8.78 Å². The number of hydrogen-bond donors (Lipinski definition) is 0. The molecule has 0 unspecified atom stereocenters. The zero-order valence-electron chi connectivity index (χ0n) is 7.24. The average molecular weight is 191 g/mol. The summed E-state index contributed by atoms with van der Waals surface area (Å²) >= 11 is 0.